The average Bonchev–Trinajstić information content (AvgIpc) is 2.25. The van der Waals surface area contributed by atoms with E-state index in [1.54, 1.807) is 0 Å². The zero-order chi connectivity index (χ0) is 13.6. The lowest BCUT2D eigenvalue weighted by atomic mass is 9.84. The molecule has 1 aliphatic rings. The van der Waals surface area contributed by atoms with Crippen molar-refractivity contribution >= 4 is 6.09 Å². The lowest BCUT2D eigenvalue weighted by Crippen LogP contribution is -2.43. The van der Waals surface area contributed by atoms with Crippen LogP contribution in [0.25, 0.3) is 0 Å². The Morgan fingerprint density at radius 3 is 2.61 bits per heavy atom. The Kier molecular flexibility index (Phi) is 5.70. The number of alkyl carbamates (subject to hydrolysis) is 1. The summed E-state index contributed by atoms with van der Waals surface area (Å²) in [4.78, 5) is 11.8. The van der Waals surface area contributed by atoms with Gasteiger partial charge in [-0.15, -0.1) is 0 Å². The Hall–Kier alpha value is -0.990. The highest BCUT2D eigenvalue weighted by Gasteiger charge is 2.26. The summed E-state index contributed by atoms with van der Waals surface area (Å²) in [7, 11) is 0. The maximum atomic E-state index is 11.8. The van der Waals surface area contributed by atoms with Gasteiger partial charge in [-0.1, -0.05) is 31.9 Å². The summed E-state index contributed by atoms with van der Waals surface area (Å²) in [6.45, 7) is 7.81. The van der Waals surface area contributed by atoms with Crippen LogP contribution in [0.15, 0.2) is 12.2 Å². The third-order valence-corrected chi connectivity index (χ3v) is 3.14. The minimum absolute atomic E-state index is 0.233. The van der Waals surface area contributed by atoms with Crippen molar-refractivity contribution in [2.75, 3.05) is 0 Å². The first-order chi connectivity index (χ1) is 8.42. The number of ether oxygens (including phenoxy) is 1. The van der Waals surface area contributed by atoms with Gasteiger partial charge in [0.2, 0.25) is 0 Å². The average molecular weight is 253 g/mol. The van der Waals surface area contributed by atoms with E-state index in [9.17, 15) is 4.79 Å². The van der Waals surface area contributed by atoms with Gasteiger partial charge in [0.1, 0.15) is 5.60 Å². The highest BCUT2D eigenvalue weighted by atomic mass is 16.6. The highest BCUT2D eigenvalue weighted by Crippen LogP contribution is 2.26. The fourth-order valence-corrected chi connectivity index (χ4v) is 2.34. The molecule has 0 aromatic carbocycles. The van der Waals surface area contributed by atoms with Gasteiger partial charge in [-0.05, 0) is 46.0 Å². The SMILES string of the molecule is CCC=C[C@@H]1CCCC[C@@H]1NC(=O)OC(C)(C)C. The summed E-state index contributed by atoms with van der Waals surface area (Å²) >= 11 is 0. The van der Waals surface area contributed by atoms with E-state index >= 15 is 0 Å². The number of allylic oxidation sites excluding steroid dienone is 1. The van der Waals surface area contributed by atoms with E-state index in [-0.39, 0.29) is 12.1 Å². The second-order valence-electron chi connectivity index (χ2n) is 6.04. The molecule has 1 fully saturated rings. The van der Waals surface area contributed by atoms with Crippen molar-refractivity contribution in [1.29, 1.82) is 0 Å². The lowest BCUT2D eigenvalue weighted by molar-refractivity contribution is 0.0479. The van der Waals surface area contributed by atoms with Crippen molar-refractivity contribution in [3.8, 4) is 0 Å². The molecular formula is C15H27NO2. The third kappa shape index (κ3) is 5.56. The van der Waals surface area contributed by atoms with Gasteiger partial charge in [0.15, 0.2) is 0 Å². The van der Waals surface area contributed by atoms with Crippen molar-refractivity contribution in [2.45, 2.75) is 71.4 Å². The minimum Gasteiger partial charge on any atom is -0.444 e. The number of hydrogen-bond donors (Lipinski definition) is 1. The molecule has 2 atom stereocenters. The molecule has 18 heavy (non-hydrogen) atoms. The van der Waals surface area contributed by atoms with Gasteiger partial charge in [-0.3, -0.25) is 0 Å². The molecular weight excluding hydrogens is 226 g/mol. The molecule has 1 rings (SSSR count). The summed E-state index contributed by atoms with van der Waals surface area (Å²) in [5.74, 6) is 0.464. The van der Waals surface area contributed by atoms with Crippen molar-refractivity contribution < 1.29 is 9.53 Å². The molecule has 0 aromatic rings. The Morgan fingerprint density at radius 2 is 2.00 bits per heavy atom. The Bertz CT molecular complexity index is 291. The van der Waals surface area contributed by atoms with E-state index in [1.807, 2.05) is 20.8 Å². The molecule has 0 heterocycles. The monoisotopic (exact) mass is 253 g/mol. The molecule has 104 valence electrons. The van der Waals surface area contributed by atoms with Crippen LogP contribution in [0.5, 0.6) is 0 Å². The number of carbonyl (C=O) groups excluding carboxylic acids is 1. The Morgan fingerprint density at radius 1 is 1.33 bits per heavy atom. The summed E-state index contributed by atoms with van der Waals surface area (Å²) < 4.78 is 5.32. The van der Waals surface area contributed by atoms with E-state index in [4.69, 9.17) is 4.74 Å². The second kappa shape index (κ2) is 6.81. The topological polar surface area (TPSA) is 38.3 Å². The molecule has 0 aromatic heterocycles. The minimum atomic E-state index is -0.423. The van der Waals surface area contributed by atoms with E-state index < -0.39 is 5.60 Å². The predicted molar refractivity (Wildman–Crippen MR) is 74.5 cm³/mol. The van der Waals surface area contributed by atoms with Crippen LogP contribution in [0.3, 0.4) is 0 Å². The van der Waals surface area contributed by atoms with E-state index in [0.29, 0.717) is 5.92 Å². The zero-order valence-corrected chi connectivity index (χ0v) is 12.2. The van der Waals surface area contributed by atoms with Crippen LogP contribution in [0.2, 0.25) is 0 Å². The fraction of sp³-hybridized carbons (Fsp3) is 0.800. The number of rotatable bonds is 3. The number of carbonyl (C=O) groups is 1. The predicted octanol–water partition coefficient (Wildman–Crippen LogP) is 4.04. The first kappa shape index (κ1) is 15.1. The summed E-state index contributed by atoms with van der Waals surface area (Å²) in [5.41, 5.74) is -0.423. The number of amides is 1. The molecule has 0 unspecified atom stereocenters. The molecule has 0 saturated heterocycles. The van der Waals surface area contributed by atoms with Crippen LogP contribution in [0, 0.1) is 5.92 Å². The standard InChI is InChI=1S/C15H27NO2/c1-5-6-9-12-10-7-8-11-13(12)16-14(17)18-15(2,3)4/h6,9,12-13H,5,7-8,10-11H2,1-4H3,(H,16,17)/t12-,13+/m1/s1. The normalized spacial score (nSPS) is 25.1. The molecule has 1 N–H and O–H groups in total. The van der Waals surface area contributed by atoms with Crippen molar-refractivity contribution in [1.82, 2.24) is 5.32 Å². The molecule has 3 heteroatoms. The highest BCUT2D eigenvalue weighted by molar-refractivity contribution is 5.68. The third-order valence-electron chi connectivity index (χ3n) is 3.14. The van der Waals surface area contributed by atoms with Gasteiger partial charge >= 0.3 is 6.09 Å². The van der Waals surface area contributed by atoms with Crippen molar-refractivity contribution in [3.63, 3.8) is 0 Å². The Labute approximate surface area is 111 Å². The largest absolute Gasteiger partial charge is 0.444 e. The molecule has 0 spiro atoms. The maximum absolute atomic E-state index is 11.8. The smallest absolute Gasteiger partial charge is 0.407 e. The number of nitrogens with one attached hydrogen (secondary N) is 1. The van der Waals surface area contributed by atoms with Crippen molar-refractivity contribution in [2.24, 2.45) is 5.92 Å². The maximum Gasteiger partial charge on any atom is 0.407 e. The van der Waals surface area contributed by atoms with E-state index in [2.05, 4.69) is 24.4 Å². The van der Waals surface area contributed by atoms with Crippen LogP contribution >= 0.6 is 0 Å². The molecule has 0 aliphatic heterocycles. The quantitative estimate of drug-likeness (QED) is 0.771. The van der Waals surface area contributed by atoms with Crippen LogP contribution in [0.4, 0.5) is 4.79 Å². The summed E-state index contributed by atoms with van der Waals surface area (Å²) in [6, 6.07) is 0.233. The van der Waals surface area contributed by atoms with Gasteiger partial charge in [0.25, 0.3) is 0 Å². The lowest BCUT2D eigenvalue weighted by Gasteiger charge is -2.31. The van der Waals surface area contributed by atoms with E-state index in [0.717, 1.165) is 19.3 Å². The molecule has 3 nitrogen and oxygen atoms in total. The molecule has 0 bridgehead atoms. The van der Waals surface area contributed by atoms with Crippen LogP contribution in [-0.2, 0) is 4.74 Å². The molecule has 1 saturated carbocycles. The van der Waals surface area contributed by atoms with Gasteiger partial charge in [-0.2, -0.15) is 0 Å². The van der Waals surface area contributed by atoms with Crippen LogP contribution in [0.1, 0.15) is 59.8 Å². The summed E-state index contributed by atoms with van der Waals surface area (Å²) in [5, 5.41) is 3.02. The van der Waals surface area contributed by atoms with Crippen LogP contribution in [-0.4, -0.2) is 17.7 Å². The number of hydrogen-bond acceptors (Lipinski definition) is 2. The Balaban J connectivity index is 2.51. The fourth-order valence-electron chi connectivity index (χ4n) is 2.34. The molecule has 1 amide bonds. The van der Waals surface area contributed by atoms with Gasteiger partial charge in [-0.25, -0.2) is 4.79 Å². The summed E-state index contributed by atoms with van der Waals surface area (Å²) in [6.07, 6.45) is 9.87. The van der Waals surface area contributed by atoms with Gasteiger partial charge < -0.3 is 10.1 Å². The first-order valence-corrected chi connectivity index (χ1v) is 7.08. The van der Waals surface area contributed by atoms with Gasteiger partial charge in [0.05, 0.1) is 0 Å². The van der Waals surface area contributed by atoms with Gasteiger partial charge in [0, 0.05) is 6.04 Å². The first-order valence-electron chi connectivity index (χ1n) is 7.08. The van der Waals surface area contributed by atoms with Crippen LogP contribution < -0.4 is 5.32 Å². The molecule has 0 radical (unpaired) electrons. The van der Waals surface area contributed by atoms with E-state index in [1.165, 1.54) is 12.8 Å². The zero-order valence-electron chi connectivity index (χ0n) is 12.2. The molecule has 1 aliphatic carbocycles. The second-order valence-corrected chi connectivity index (χ2v) is 6.04. The van der Waals surface area contributed by atoms with Crippen molar-refractivity contribution in [3.05, 3.63) is 12.2 Å².